The first kappa shape index (κ1) is 43.2. The minimum Gasteiger partial charge on any atom is -0.453 e. The van der Waals surface area contributed by atoms with Crippen molar-refractivity contribution in [2.75, 3.05) is 62.7 Å². The number of sulfonamides is 1. The molecule has 13 nitrogen and oxygen atoms in total. The Morgan fingerprint density at radius 3 is 2.50 bits per heavy atom. The summed E-state index contributed by atoms with van der Waals surface area (Å²) in [5.41, 5.74) is 5.05. The highest BCUT2D eigenvalue weighted by Gasteiger charge is 2.31. The highest BCUT2D eigenvalue weighted by molar-refractivity contribution is 7.90. The van der Waals surface area contributed by atoms with Gasteiger partial charge >= 0.3 is 0 Å². The number of H-pyrrole nitrogens is 1. The molecule has 0 atom stereocenters. The fourth-order valence-corrected chi connectivity index (χ4v) is 9.66. The smallest absolute Gasteiger partial charge is 0.293 e. The fourth-order valence-electron chi connectivity index (χ4n) is 8.55. The summed E-state index contributed by atoms with van der Waals surface area (Å²) in [5, 5.41) is 16.5. The predicted octanol–water partition coefficient (Wildman–Crippen LogP) is 9.40. The number of nitro benzene ring substituents is 1. The largest absolute Gasteiger partial charge is 0.453 e. The quantitative estimate of drug-likeness (QED) is 0.0768. The van der Waals surface area contributed by atoms with Crippen LogP contribution in [0.4, 0.5) is 21.5 Å². The monoisotopic (exact) mass is 884 g/mol. The Labute approximate surface area is 365 Å². The number of fused-ring (bicyclic) bond motifs is 1. The van der Waals surface area contributed by atoms with Gasteiger partial charge in [0.2, 0.25) is 0 Å². The number of carbonyl (C=O) groups excluding carboxylic acids is 1. The molecule has 1 aliphatic carbocycles. The molecule has 5 aromatic rings. The molecule has 0 spiro atoms. The van der Waals surface area contributed by atoms with Gasteiger partial charge in [-0.3, -0.25) is 19.8 Å². The van der Waals surface area contributed by atoms with Gasteiger partial charge in [-0.25, -0.2) is 17.5 Å². The van der Waals surface area contributed by atoms with Gasteiger partial charge in [-0.15, -0.1) is 0 Å². The van der Waals surface area contributed by atoms with Crippen molar-refractivity contribution in [1.29, 1.82) is 0 Å². The summed E-state index contributed by atoms with van der Waals surface area (Å²) in [5.74, 6) is -1.70. The van der Waals surface area contributed by atoms with E-state index in [4.69, 9.17) is 21.1 Å². The first-order valence-electron chi connectivity index (χ1n) is 20.9. The summed E-state index contributed by atoms with van der Waals surface area (Å²) in [6, 6.07) is 20.9. The second-order valence-corrected chi connectivity index (χ2v) is 19.2. The van der Waals surface area contributed by atoms with Crippen molar-refractivity contribution in [3.05, 3.63) is 123 Å². The first-order chi connectivity index (χ1) is 29.7. The van der Waals surface area contributed by atoms with Crippen molar-refractivity contribution >= 4 is 61.1 Å². The number of piperazine rings is 1. The number of ether oxygens (including phenoxy) is 2. The van der Waals surface area contributed by atoms with Crippen LogP contribution in [0.15, 0.2) is 95.5 Å². The molecule has 2 aliphatic heterocycles. The number of carbonyl (C=O) groups is 1. The second kappa shape index (κ2) is 18.1. The second-order valence-electron chi connectivity index (χ2n) is 17.1. The SMILES string of the molecule is CC1(C)CCC(CN2CCN(c3ccc(C(=O)NS(=O)(=O)c4ccc(NCC5CCOCC5)c([N+](=O)[O-])c4)c(Oc4cc5cc[nH]c5cc4F)c3)CC2)=C(c2ccc(Cl)cc2)C1. The average molecular weight is 885 g/mol. The Kier molecular flexibility index (Phi) is 12.6. The normalized spacial score (nSPS) is 17.6. The maximum Gasteiger partial charge on any atom is 0.293 e. The van der Waals surface area contributed by atoms with Crippen molar-refractivity contribution < 1.29 is 32.0 Å². The average Bonchev–Trinajstić information content (AvgIpc) is 3.71. The Hall–Kier alpha value is -5.48. The number of aromatic amines is 1. The lowest BCUT2D eigenvalue weighted by Crippen LogP contribution is -2.47. The van der Waals surface area contributed by atoms with Gasteiger partial charge < -0.3 is 24.7 Å². The molecule has 1 amide bonds. The van der Waals surface area contributed by atoms with Gasteiger partial charge in [-0.2, -0.15) is 0 Å². The number of halogens is 2. The van der Waals surface area contributed by atoms with Crippen LogP contribution in [-0.2, 0) is 14.8 Å². The molecule has 326 valence electrons. The van der Waals surface area contributed by atoms with Gasteiger partial charge in [0, 0.05) is 98.5 Å². The van der Waals surface area contributed by atoms with Crippen LogP contribution in [0.5, 0.6) is 11.5 Å². The van der Waals surface area contributed by atoms with Crippen molar-refractivity contribution in [1.82, 2.24) is 14.6 Å². The topological polar surface area (TPSA) is 159 Å². The van der Waals surface area contributed by atoms with Gasteiger partial charge in [0.1, 0.15) is 11.4 Å². The zero-order valence-electron chi connectivity index (χ0n) is 34.7. The van der Waals surface area contributed by atoms with E-state index in [0.717, 1.165) is 57.8 Å². The molecule has 3 heterocycles. The van der Waals surface area contributed by atoms with Gasteiger partial charge in [0.15, 0.2) is 11.6 Å². The minimum atomic E-state index is -4.62. The molecule has 3 aliphatic rings. The minimum absolute atomic E-state index is 0.0624. The third-order valence-electron chi connectivity index (χ3n) is 12.2. The Morgan fingerprint density at radius 2 is 1.76 bits per heavy atom. The van der Waals surface area contributed by atoms with Crippen molar-refractivity contribution in [3.63, 3.8) is 0 Å². The number of rotatable bonds is 13. The molecule has 16 heteroatoms. The number of benzene rings is 4. The van der Waals surface area contributed by atoms with Crippen molar-refractivity contribution in [2.45, 2.75) is 50.8 Å². The molecule has 3 N–H and O–H groups in total. The highest BCUT2D eigenvalue weighted by Crippen LogP contribution is 2.43. The summed E-state index contributed by atoms with van der Waals surface area (Å²) in [7, 11) is -4.62. The summed E-state index contributed by atoms with van der Waals surface area (Å²) >= 11 is 6.23. The summed E-state index contributed by atoms with van der Waals surface area (Å²) in [4.78, 5) is 32.4. The number of amides is 1. The molecule has 8 rings (SSSR count). The van der Waals surface area contributed by atoms with E-state index in [-0.39, 0.29) is 34.1 Å². The molecule has 1 aromatic heterocycles. The molecule has 62 heavy (non-hydrogen) atoms. The lowest BCUT2D eigenvalue weighted by Gasteiger charge is -2.39. The van der Waals surface area contributed by atoms with Crippen LogP contribution < -0.4 is 19.7 Å². The van der Waals surface area contributed by atoms with Crippen LogP contribution in [0, 0.1) is 27.3 Å². The van der Waals surface area contributed by atoms with E-state index in [1.54, 1.807) is 24.4 Å². The summed E-state index contributed by atoms with van der Waals surface area (Å²) in [6.07, 6.45) is 6.41. The molecule has 0 radical (unpaired) electrons. The standard InChI is InChI=1S/C46H50ClFN6O7S/c1-46(2)15-11-33(38(27-46)31-3-5-34(47)6-4-31)29-52-17-19-53(20-18-52)35-7-9-37(43(24-35)61-44-23-32-12-16-49-41(32)26-39(44)48)45(55)51-62(58,59)36-8-10-40(42(25-36)54(56)57)50-28-30-13-21-60-22-14-30/h3-10,12,16,23-26,30,49-50H,11,13-15,17-22,27-29H2,1-2H3,(H,51,55). The number of hydrogen-bond acceptors (Lipinski definition) is 10. The number of aromatic nitrogens is 1. The fraction of sp³-hybridized carbons (Fsp3) is 0.370. The molecular weight excluding hydrogens is 835 g/mol. The van der Waals surface area contributed by atoms with E-state index < -0.39 is 37.3 Å². The summed E-state index contributed by atoms with van der Waals surface area (Å²) < 4.78 is 56.4. The Morgan fingerprint density at radius 1 is 1.00 bits per heavy atom. The maximum atomic E-state index is 15.5. The van der Waals surface area contributed by atoms with Crippen LogP contribution in [0.3, 0.4) is 0 Å². The zero-order valence-corrected chi connectivity index (χ0v) is 36.3. The number of allylic oxidation sites excluding steroid dienone is 1. The van der Waals surface area contributed by atoms with Crippen molar-refractivity contribution in [3.8, 4) is 11.5 Å². The molecule has 0 unspecified atom stereocenters. The van der Waals surface area contributed by atoms with Gasteiger partial charge in [0.05, 0.1) is 15.4 Å². The van der Waals surface area contributed by atoms with E-state index in [9.17, 15) is 23.3 Å². The van der Waals surface area contributed by atoms with Gasteiger partial charge in [-0.1, -0.05) is 43.2 Å². The van der Waals surface area contributed by atoms with Gasteiger partial charge in [0.25, 0.3) is 21.6 Å². The van der Waals surface area contributed by atoms with Crippen LogP contribution in [0.2, 0.25) is 5.02 Å². The van der Waals surface area contributed by atoms with E-state index in [2.05, 4.69) is 50.8 Å². The molecule has 2 saturated heterocycles. The molecule has 0 bridgehead atoms. The number of nitrogens with one attached hydrogen (secondary N) is 3. The number of hydrogen-bond donors (Lipinski definition) is 3. The van der Waals surface area contributed by atoms with Crippen LogP contribution in [0.25, 0.3) is 16.5 Å². The van der Waals surface area contributed by atoms with Crippen LogP contribution in [-0.4, -0.2) is 81.6 Å². The van der Waals surface area contributed by atoms with E-state index in [1.807, 2.05) is 12.1 Å². The third-order valence-corrected chi connectivity index (χ3v) is 13.8. The highest BCUT2D eigenvalue weighted by atomic mass is 35.5. The van der Waals surface area contributed by atoms with Crippen LogP contribution in [0.1, 0.15) is 61.9 Å². The third kappa shape index (κ3) is 9.91. The van der Waals surface area contributed by atoms with E-state index >= 15 is 4.39 Å². The number of nitro groups is 1. The zero-order chi connectivity index (χ0) is 43.6. The molecule has 0 saturated carbocycles. The molecule has 2 fully saturated rings. The maximum absolute atomic E-state index is 15.5. The first-order valence-corrected chi connectivity index (χ1v) is 22.8. The van der Waals surface area contributed by atoms with E-state index in [1.165, 1.54) is 47.0 Å². The number of anilines is 2. The predicted molar refractivity (Wildman–Crippen MR) is 239 cm³/mol. The lowest BCUT2D eigenvalue weighted by molar-refractivity contribution is -0.384. The Bertz CT molecular complexity index is 2620. The van der Waals surface area contributed by atoms with Crippen molar-refractivity contribution in [2.24, 2.45) is 11.3 Å². The van der Waals surface area contributed by atoms with Gasteiger partial charge in [-0.05, 0) is 103 Å². The number of nitrogens with zero attached hydrogens (tertiary/aromatic N) is 3. The Balaban J connectivity index is 1.02. The van der Waals surface area contributed by atoms with Crippen LogP contribution >= 0.6 is 11.6 Å². The lowest BCUT2D eigenvalue weighted by atomic mass is 9.72. The molecule has 4 aromatic carbocycles. The summed E-state index contributed by atoms with van der Waals surface area (Å²) in [6.45, 7) is 10.0. The molecular formula is C46H50ClFN6O7S. The van der Waals surface area contributed by atoms with E-state index in [0.29, 0.717) is 54.5 Å².